The van der Waals surface area contributed by atoms with Crippen LogP contribution in [0.4, 0.5) is 0 Å². The maximum atomic E-state index is 13.9. The summed E-state index contributed by atoms with van der Waals surface area (Å²) in [6.07, 6.45) is -0.0551. The van der Waals surface area contributed by atoms with Gasteiger partial charge in [-0.2, -0.15) is 0 Å². The Hall–Kier alpha value is -6.31. The number of aromatic amines is 1. The number of pyridine rings is 1. The van der Waals surface area contributed by atoms with Gasteiger partial charge >= 0.3 is 5.97 Å². The molecule has 0 spiro atoms. The van der Waals surface area contributed by atoms with Crippen LogP contribution in [0.3, 0.4) is 0 Å². The Labute approximate surface area is 342 Å². The number of aliphatic hydroxyl groups is 2. The van der Waals surface area contributed by atoms with Crippen LogP contribution < -0.4 is 20.9 Å². The van der Waals surface area contributed by atoms with Crippen molar-refractivity contribution in [3.63, 3.8) is 0 Å². The Morgan fingerprint density at radius 1 is 0.864 bits per heavy atom. The lowest BCUT2D eigenvalue weighted by atomic mass is 9.86. The Kier molecular flexibility index (Phi) is 13.1. The fraction of sp³-hybridized carbons (Fsp3) is 0.255. The average molecular weight is 797 g/mol. The molecule has 0 saturated carbocycles. The number of hydrogen-bond donors (Lipinski definition) is 6. The van der Waals surface area contributed by atoms with Crippen LogP contribution in [0.15, 0.2) is 138 Å². The molecule has 3 atom stereocenters. The molecule has 0 unspecified atom stereocenters. The highest BCUT2D eigenvalue weighted by Gasteiger charge is 2.43. The summed E-state index contributed by atoms with van der Waals surface area (Å²) in [4.78, 5) is 43.3. The molecular weight excluding hydrogens is 749 g/mol. The monoisotopic (exact) mass is 796 g/mol. The number of phenolic OH excluding ortho intramolecular Hbond substituents is 1. The smallest absolute Gasteiger partial charge is 0.348 e. The molecule has 0 aliphatic carbocycles. The largest absolute Gasteiger partial charge is 0.506 e. The van der Waals surface area contributed by atoms with Crippen LogP contribution in [0.1, 0.15) is 57.1 Å². The first-order chi connectivity index (χ1) is 28.7. The number of carbonyl (C=O) groups is 2. The molecule has 1 amide bonds. The zero-order valence-electron chi connectivity index (χ0n) is 32.6. The molecule has 1 aromatic heterocycles. The number of phenols is 1. The number of aliphatic hydroxyl groups excluding tert-OH is 1. The molecule has 1 aliphatic rings. The van der Waals surface area contributed by atoms with Crippen LogP contribution in [-0.2, 0) is 28.2 Å². The Morgan fingerprint density at radius 2 is 1.61 bits per heavy atom. The highest BCUT2D eigenvalue weighted by molar-refractivity contribution is 5.94. The molecule has 0 radical (unpaired) electrons. The second-order valence-corrected chi connectivity index (χ2v) is 14.7. The number of aromatic nitrogens is 1. The molecule has 59 heavy (non-hydrogen) atoms. The lowest BCUT2D eigenvalue weighted by Crippen LogP contribution is -2.41. The van der Waals surface area contributed by atoms with E-state index in [0.717, 1.165) is 18.7 Å². The first-order valence-electron chi connectivity index (χ1n) is 19.8. The summed E-state index contributed by atoms with van der Waals surface area (Å²) in [6.45, 7) is 3.44. The second-order valence-electron chi connectivity index (χ2n) is 14.7. The minimum Gasteiger partial charge on any atom is -0.506 e. The van der Waals surface area contributed by atoms with Gasteiger partial charge in [-0.05, 0) is 71.5 Å². The molecule has 1 fully saturated rings. The fourth-order valence-electron chi connectivity index (χ4n) is 7.36. The van der Waals surface area contributed by atoms with Crippen molar-refractivity contribution in [2.24, 2.45) is 0 Å². The maximum Gasteiger partial charge on any atom is 0.348 e. The Bertz CT molecular complexity index is 2410. The van der Waals surface area contributed by atoms with E-state index in [1.165, 1.54) is 17.7 Å². The number of rotatable bonds is 17. The lowest BCUT2D eigenvalue weighted by Gasteiger charge is -2.29. The van der Waals surface area contributed by atoms with Gasteiger partial charge in [-0.1, -0.05) is 91.0 Å². The summed E-state index contributed by atoms with van der Waals surface area (Å²) in [7, 11) is 0. The first-order valence-corrected chi connectivity index (χ1v) is 19.8. The van der Waals surface area contributed by atoms with Crippen LogP contribution in [0.5, 0.6) is 11.5 Å². The van der Waals surface area contributed by atoms with Crippen LogP contribution in [-0.4, -0.2) is 76.0 Å². The SMILES string of the molecule is O=C(NCCCOc1cccc([C@](O)(C(=O)O[C@H]2CCN(Cc3ccccc3)C2)c2ccccc2)c1)c1ccc(CNC[C@H](O)c2ccc(O)c3[nH]c(=O)ccc23)cc1. The second kappa shape index (κ2) is 19.0. The summed E-state index contributed by atoms with van der Waals surface area (Å²) < 4.78 is 12.0. The van der Waals surface area contributed by atoms with E-state index in [1.54, 1.807) is 72.8 Å². The summed E-state index contributed by atoms with van der Waals surface area (Å²) in [5.41, 5.74) is 1.79. The fourth-order valence-corrected chi connectivity index (χ4v) is 7.36. The highest BCUT2D eigenvalue weighted by atomic mass is 16.6. The van der Waals surface area contributed by atoms with Crippen LogP contribution in [0, 0.1) is 0 Å². The third-order valence-electron chi connectivity index (χ3n) is 10.5. The summed E-state index contributed by atoms with van der Waals surface area (Å²) in [5, 5.41) is 39.8. The zero-order valence-corrected chi connectivity index (χ0v) is 32.6. The number of nitrogens with one attached hydrogen (secondary N) is 3. The molecule has 1 aliphatic heterocycles. The van der Waals surface area contributed by atoms with Crippen molar-refractivity contribution in [2.75, 3.05) is 32.8 Å². The van der Waals surface area contributed by atoms with E-state index in [9.17, 15) is 29.7 Å². The average Bonchev–Trinajstić information content (AvgIpc) is 3.70. The molecule has 2 heterocycles. The zero-order chi connectivity index (χ0) is 41.2. The lowest BCUT2D eigenvalue weighted by molar-refractivity contribution is -0.167. The number of aromatic hydroxyl groups is 1. The summed E-state index contributed by atoms with van der Waals surface area (Å²) in [5.74, 6) is -0.563. The van der Waals surface area contributed by atoms with Crippen LogP contribution in [0.25, 0.3) is 10.9 Å². The van der Waals surface area contributed by atoms with Gasteiger partial charge in [-0.3, -0.25) is 14.5 Å². The number of likely N-dealkylation sites (tertiary alicyclic amines) is 1. The van der Waals surface area contributed by atoms with E-state index in [2.05, 4.69) is 32.7 Å². The molecule has 7 rings (SSSR count). The van der Waals surface area contributed by atoms with Crippen molar-refractivity contribution in [1.82, 2.24) is 20.5 Å². The standard InChI is InChI=1S/C47H48N4O8/c52-41-21-19-39(40-20-22-43(54)50-44(40)41)42(53)29-48-28-32-15-17-34(18-16-32)45(55)49-24-8-26-58-37-14-7-13-36(27-37)47(57,35-11-5-2-6-12-35)46(56)59-38-23-25-51(31-38)30-33-9-3-1-4-10-33/h1-7,9-22,27,38,42,48,52-53,57H,8,23-26,28-31H2,(H,49,55)(H,50,54)/t38-,42-,47-/m0/s1. The van der Waals surface area contributed by atoms with E-state index >= 15 is 0 Å². The molecule has 6 aromatic rings. The number of H-pyrrole nitrogens is 1. The van der Waals surface area contributed by atoms with Crippen LogP contribution in [0.2, 0.25) is 0 Å². The molecule has 0 bridgehead atoms. The molecule has 12 heteroatoms. The highest BCUT2D eigenvalue weighted by Crippen LogP contribution is 2.34. The molecular formula is C47H48N4O8. The summed E-state index contributed by atoms with van der Waals surface area (Å²) in [6, 6.07) is 38.9. The van der Waals surface area contributed by atoms with Gasteiger partial charge in [0.05, 0.1) is 18.2 Å². The van der Waals surface area contributed by atoms with Crippen molar-refractivity contribution in [1.29, 1.82) is 0 Å². The molecule has 304 valence electrons. The van der Waals surface area contributed by atoms with Crippen molar-refractivity contribution in [3.05, 3.63) is 177 Å². The molecule has 12 nitrogen and oxygen atoms in total. The van der Waals surface area contributed by atoms with Crippen molar-refractivity contribution in [2.45, 2.75) is 43.7 Å². The number of benzene rings is 5. The number of ether oxygens (including phenoxy) is 2. The summed E-state index contributed by atoms with van der Waals surface area (Å²) >= 11 is 0. The van der Waals surface area contributed by atoms with Gasteiger partial charge < -0.3 is 40.4 Å². The number of nitrogens with zero attached hydrogens (tertiary/aromatic N) is 1. The van der Waals surface area contributed by atoms with Gasteiger partial charge in [0.25, 0.3) is 5.91 Å². The third kappa shape index (κ3) is 10.1. The number of carbonyl (C=O) groups excluding carboxylic acids is 2. The van der Waals surface area contributed by atoms with Gasteiger partial charge in [0.2, 0.25) is 11.2 Å². The van der Waals surface area contributed by atoms with Crippen molar-refractivity contribution < 1.29 is 34.4 Å². The van der Waals surface area contributed by atoms with E-state index in [4.69, 9.17) is 9.47 Å². The third-order valence-corrected chi connectivity index (χ3v) is 10.5. The van der Waals surface area contributed by atoms with E-state index in [1.807, 2.05) is 36.4 Å². The predicted octanol–water partition coefficient (Wildman–Crippen LogP) is 5.31. The van der Waals surface area contributed by atoms with E-state index < -0.39 is 17.7 Å². The van der Waals surface area contributed by atoms with Crippen molar-refractivity contribution in [3.8, 4) is 11.5 Å². The van der Waals surface area contributed by atoms with Gasteiger partial charge in [0, 0.05) is 61.8 Å². The normalized spacial score (nSPS) is 15.7. The van der Waals surface area contributed by atoms with Gasteiger partial charge in [-0.15, -0.1) is 0 Å². The number of fused-ring (bicyclic) bond motifs is 1. The van der Waals surface area contributed by atoms with E-state index in [0.29, 0.717) is 65.9 Å². The topological polar surface area (TPSA) is 173 Å². The van der Waals surface area contributed by atoms with Gasteiger partial charge in [0.1, 0.15) is 17.6 Å². The van der Waals surface area contributed by atoms with E-state index in [-0.39, 0.29) is 42.0 Å². The molecule has 1 saturated heterocycles. The van der Waals surface area contributed by atoms with Gasteiger partial charge in [-0.25, -0.2) is 4.79 Å². The number of esters is 1. The molecule has 6 N–H and O–H groups in total. The number of hydrogen-bond acceptors (Lipinski definition) is 10. The Balaban J connectivity index is 0.872. The minimum absolute atomic E-state index is 0.0676. The number of amides is 1. The van der Waals surface area contributed by atoms with Crippen molar-refractivity contribution >= 4 is 22.8 Å². The molecule has 5 aromatic carbocycles. The van der Waals surface area contributed by atoms with Gasteiger partial charge in [0.15, 0.2) is 0 Å². The predicted molar refractivity (Wildman–Crippen MR) is 224 cm³/mol. The first kappa shape index (κ1) is 40.9. The quantitative estimate of drug-likeness (QED) is 0.0525. The maximum absolute atomic E-state index is 13.9. The van der Waals surface area contributed by atoms with Crippen LogP contribution >= 0.6 is 0 Å². The Morgan fingerprint density at radius 3 is 2.39 bits per heavy atom. The minimum atomic E-state index is -2.05.